The fraction of sp³-hybridized carbons (Fsp3) is 0.450. The van der Waals surface area contributed by atoms with E-state index in [0.717, 1.165) is 18.8 Å². The van der Waals surface area contributed by atoms with Crippen molar-refractivity contribution < 1.29 is 9.53 Å². The van der Waals surface area contributed by atoms with Gasteiger partial charge in [0.15, 0.2) is 6.61 Å². The second kappa shape index (κ2) is 9.95. The molecule has 0 bridgehead atoms. The van der Waals surface area contributed by atoms with Crippen LogP contribution in [0.5, 0.6) is 5.75 Å². The van der Waals surface area contributed by atoms with E-state index in [1.54, 1.807) is 11.3 Å². The minimum atomic E-state index is -0.0704. The van der Waals surface area contributed by atoms with Crippen LogP contribution in [0.3, 0.4) is 0 Å². The Morgan fingerprint density at radius 2 is 2.00 bits per heavy atom. The summed E-state index contributed by atoms with van der Waals surface area (Å²) >= 11 is 1.76. The number of halogens is 1. The number of thiophene rings is 1. The zero-order chi connectivity index (χ0) is 17.6. The second-order valence-electron chi connectivity index (χ2n) is 6.61. The number of carbonyl (C=O) groups is 1. The number of nitrogens with one attached hydrogen (secondary N) is 1. The summed E-state index contributed by atoms with van der Waals surface area (Å²) in [5.74, 6) is 0.673. The highest BCUT2D eigenvalue weighted by molar-refractivity contribution is 7.10. The zero-order valence-corrected chi connectivity index (χ0v) is 17.0. The molecule has 2 aromatic rings. The Kier molecular flexibility index (Phi) is 7.94. The standard InChI is InChI=1S/C20H26N2O2S.ClH/c1-15-7-8-17(12-16(15)2)24-14-20(23)21-13-18(19-6-5-11-25-19)22-9-3-4-10-22;/h5-8,11-12,18H,3-4,9-10,13-14H2,1-2H3,(H,21,23);1H. The third-order valence-electron chi connectivity index (χ3n) is 4.79. The molecule has 1 N–H and O–H groups in total. The van der Waals surface area contributed by atoms with E-state index in [2.05, 4.69) is 34.7 Å². The van der Waals surface area contributed by atoms with Crippen LogP contribution in [0.1, 0.15) is 34.9 Å². The van der Waals surface area contributed by atoms with Gasteiger partial charge in [-0.25, -0.2) is 0 Å². The van der Waals surface area contributed by atoms with Crippen LogP contribution in [0.2, 0.25) is 0 Å². The van der Waals surface area contributed by atoms with E-state index >= 15 is 0 Å². The second-order valence-corrected chi connectivity index (χ2v) is 7.59. The maximum Gasteiger partial charge on any atom is 0.258 e. The van der Waals surface area contributed by atoms with Crippen LogP contribution < -0.4 is 10.1 Å². The van der Waals surface area contributed by atoms with Crippen molar-refractivity contribution in [2.24, 2.45) is 0 Å². The van der Waals surface area contributed by atoms with E-state index < -0.39 is 0 Å². The summed E-state index contributed by atoms with van der Waals surface area (Å²) < 4.78 is 5.63. The lowest BCUT2D eigenvalue weighted by Gasteiger charge is -2.26. The minimum absolute atomic E-state index is 0. The highest BCUT2D eigenvalue weighted by Crippen LogP contribution is 2.27. The largest absolute Gasteiger partial charge is 0.484 e. The Morgan fingerprint density at radius 3 is 2.65 bits per heavy atom. The summed E-state index contributed by atoms with van der Waals surface area (Å²) in [6.45, 7) is 7.02. The number of benzene rings is 1. The number of rotatable bonds is 7. The molecule has 1 aromatic carbocycles. The number of carbonyl (C=O) groups excluding carboxylic acids is 1. The molecule has 26 heavy (non-hydrogen) atoms. The van der Waals surface area contributed by atoms with Gasteiger partial charge in [0.25, 0.3) is 5.91 Å². The van der Waals surface area contributed by atoms with Gasteiger partial charge in [-0.15, -0.1) is 23.7 Å². The van der Waals surface area contributed by atoms with Crippen molar-refractivity contribution in [3.05, 3.63) is 51.7 Å². The SMILES string of the molecule is Cc1ccc(OCC(=O)NCC(c2cccs2)N2CCCC2)cc1C.Cl. The van der Waals surface area contributed by atoms with Crippen LogP contribution in [0, 0.1) is 13.8 Å². The molecule has 0 spiro atoms. The Bertz CT molecular complexity index is 700. The van der Waals surface area contributed by atoms with Crippen LogP contribution in [0.25, 0.3) is 0 Å². The number of aryl methyl sites for hydroxylation is 2. The highest BCUT2D eigenvalue weighted by atomic mass is 35.5. The van der Waals surface area contributed by atoms with E-state index in [0.29, 0.717) is 6.54 Å². The number of likely N-dealkylation sites (tertiary alicyclic amines) is 1. The number of amides is 1. The fourth-order valence-electron chi connectivity index (χ4n) is 3.16. The molecule has 1 aliphatic rings. The molecule has 1 aromatic heterocycles. The number of hydrogen-bond donors (Lipinski definition) is 1. The van der Waals surface area contributed by atoms with E-state index in [9.17, 15) is 4.79 Å². The predicted octanol–water partition coefficient (Wildman–Crippen LogP) is 4.12. The zero-order valence-electron chi connectivity index (χ0n) is 15.4. The number of hydrogen-bond acceptors (Lipinski definition) is 4. The van der Waals surface area contributed by atoms with Crippen molar-refractivity contribution in [2.75, 3.05) is 26.2 Å². The lowest BCUT2D eigenvalue weighted by atomic mass is 10.1. The summed E-state index contributed by atoms with van der Waals surface area (Å²) in [5, 5.41) is 5.15. The predicted molar refractivity (Wildman–Crippen MR) is 110 cm³/mol. The molecule has 6 heteroatoms. The third-order valence-corrected chi connectivity index (χ3v) is 5.77. The molecule has 0 aliphatic carbocycles. The molecule has 4 nitrogen and oxygen atoms in total. The molecule has 1 saturated heterocycles. The Morgan fingerprint density at radius 1 is 1.23 bits per heavy atom. The summed E-state index contributed by atoms with van der Waals surface area (Å²) in [4.78, 5) is 16.0. The van der Waals surface area contributed by atoms with Gasteiger partial charge in [0, 0.05) is 11.4 Å². The van der Waals surface area contributed by atoms with E-state index in [1.165, 1.54) is 28.8 Å². The summed E-state index contributed by atoms with van der Waals surface area (Å²) in [5.41, 5.74) is 2.39. The van der Waals surface area contributed by atoms with Crippen molar-refractivity contribution in [3.8, 4) is 5.75 Å². The fourth-order valence-corrected chi connectivity index (χ4v) is 4.02. The van der Waals surface area contributed by atoms with Crippen molar-refractivity contribution in [3.63, 3.8) is 0 Å². The normalized spacial score (nSPS) is 15.3. The van der Waals surface area contributed by atoms with Gasteiger partial charge >= 0.3 is 0 Å². The van der Waals surface area contributed by atoms with Gasteiger partial charge in [-0.2, -0.15) is 0 Å². The minimum Gasteiger partial charge on any atom is -0.484 e. The topological polar surface area (TPSA) is 41.6 Å². The first-order chi connectivity index (χ1) is 12.1. The third kappa shape index (κ3) is 5.47. The summed E-state index contributed by atoms with van der Waals surface area (Å²) in [6, 6.07) is 10.4. The van der Waals surface area contributed by atoms with Crippen molar-refractivity contribution in [1.29, 1.82) is 0 Å². The van der Waals surface area contributed by atoms with E-state index in [-0.39, 0.29) is 31.0 Å². The van der Waals surface area contributed by atoms with Gasteiger partial charge in [0.1, 0.15) is 5.75 Å². The van der Waals surface area contributed by atoms with Crippen molar-refractivity contribution in [1.82, 2.24) is 10.2 Å². The van der Waals surface area contributed by atoms with Gasteiger partial charge in [-0.1, -0.05) is 12.1 Å². The number of ether oxygens (including phenoxy) is 1. The van der Waals surface area contributed by atoms with Gasteiger partial charge in [0.2, 0.25) is 0 Å². The molecule has 1 atom stereocenters. The Hall–Kier alpha value is -1.56. The number of nitrogens with zero attached hydrogens (tertiary/aromatic N) is 1. The van der Waals surface area contributed by atoms with Crippen LogP contribution in [0.4, 0.5) is 0 Å². The summed E-state index contributed by atoms with van der Waals surface area (Å²) in [6.07, 6.45) is 2.48. The average Bonchev–Trinajstić information content (AvgIpc) is 3.30. The molecule has 1 unspecified atom stereocenters. The first kappa shape index (κ1) is 20.7. The molecule has 3 rings (SSSR count). The Labute approximate surface area is 166 Å². The maximum atomic E-state index is 12.2. The van der Waals surface area contributed by atoms with Gasteiger partial charge in [-0.05, 0) is 74.5 Å². The van der Waals surface area contributed by atoms with Crippen LogP contribution in [-0.4, -0.2) is 37.0 Å². The quantitative estimate of drug-likeness (QED) is 0.768. The van der Waals surface area contributed by atoms with Crippen LogP contribution >= 0.6 is 23.7 Å². The molecule has 2 heterocycles. The van der Waals surface area contributed by atoms with Crippen molar-refractivity contribution >= 4 is 29.7 Å². The van der Waals surface area contributed by atoms with Crippen LogP contribution in [-0.2, 0) is 4.79 Å². The first-order valence-corrected chi connectivity index (χ1v) is 9.75. The smallest absolute Gasteiger partial charge is 0.258 e. The molecule has 1 aliphatic heterocycles. The first-order valence-electron chi connectivity index (χ1n) is 8.87. The Balaban J connectivity index is 0.00000243. The van der Waals surface area contributed by atoms with Gasteiger partial charge in [0.05, 0.1) is 6.04 Å². The highest BCUT2D eigenvalue weighted by Gasteiger charge is 2.24. The molecule has 142 valence electrons. The molecule has 1 amide bonds. The summed E-state index contributed by atoms with van der Waals surface area (Å²) in [7, 11) is 0. The molecule has 1 fully saturated rings. The van der Waals surface area contributed by atoms with Crippen LogP contribution in [0.15, 0.2) is 35.7 Å². The van der Waals surface area contributed by atoms with E-state index in [4.69, 9.17) is 4.74 Å². The molecular formula is C20H27ClN2O2S. The lowest BCUT2D eigenvalue weighted by molar-refractivity contribution is -0.123. The maximum absolute atomic E-state index is 12.2. The lowest BCUT2D eigenvalue weighted by Crippen LogP contribution is -2.38. The molecule has 0 saturated carbocycles. The average molecular weight is 395 g/mol. The molecule has 0 radical (unpaired) electrons. The monoisotopic (exact) mass is 394 g/mol. The van der Waals surface area contributed by atoms with Gasteiger partial charge < -0.3 is 10.1 Å². The molecular weight excluding hydrogens is 368 g/mol. The van der Waals surface area contributed by atoms with Gasteiger partial charge in [-0.3, -0.25) is 9.69 Å². The van der Waals surface area contributed by atoms with E-state index in [1.807, 2.05) is 25.1 Å². The van der Waals surface area contributed by atoms with Crippen molar-refractivity contribution in [2.45, 2.75) is 32.7 Å².